The van der Waals surface area contributed by atoms with Gasteiger partial charge in [-0.2, -0.15) is 0 Å². The van der Waals surface area contributed by atoms with E-state index in [4.69, 9.17) is 9.47 Å². The minimum Gasteiger partial charge on any atom is -0.466 e. The summed E-state index contributed by atoms with van der Waals surface area (Å²) in [6.07, 6.45) is 7.40. The topological polar surface area (TPSA) is 34.6 Å². The van der Waals surface area contributed by atoms with Crippen LogP contribution in [0.1, 0.15) is 25.7 Å². The van der Waals surface area contributed by atoms with E-state index >= 15 is 0 Å². The normalized spacial score (nSPS) is 26.3. The second kappa shape index (κ2) is 5.78. The zero-order valence-electron chi connectivity index (χ0n) is 11.5. The second-order valence-corrected chi connectivity index (χ2v) is 5.61. The van der Waals surface area contributed by atoms with Crippen molar-refractivity contribution < 1.29 is 9.47 Å². The summed E-state index contributed by atoms with van der Waals surface area (Å²) >= 11 is 0. The Morgan fingerprint density at radius 2 is 1.95 bits per heavy atom. The first-order chi connectivity index (χ1) is 9.36. The van der Waals surface area contributed by atoms with Crippen molar-refractivity contribution in [2.24, 2.45) is 11.8 Å². The third kappa shape index (κ3) is 2.84. The van der Waals surface area contributed by atoms with Crippen LogP contribution in [-0.4, -0.2) is 32.0 Å². The molecule has 19 heavy (non-hydrogen) atoms. The number of methoxy groups -OCH3 is 1. The zero-order valence-corrected chi connectivity index (χ0v) is 11.5. The molecular formula is C15H22N2O2. The fourth-order valence-corrected chi connectivity index (χ4v) is 3.36. The van der Waals surface area contributed by atoms with Crippen LogP contribution in [0.3, 0.4) is 0 Å². The van der Waals surface area contributed by atoms with Crippen molar-refractivity contribution in [3.8, 4) is 5.75 Å². The van der Waals surface area contributed by atoms with Gasteiger partial charge in [-0.05, 0) is 36.8 Å². The maximum atomic E-state index is 5.36. The van der Waals surface area contributed by atoms with Crippen LogP contribution >= 0.6 is 0 Å². The van der Waals surface area contributed by atoms with Gasteiger partial charge >= 0.3 is 0 Å². The third-order valence-electron chi connectivity index (χ3n) is 4.36. The number of nitrogens with zero attached hydrogens (tertiary/aromatic N) is 2. The Labute approximate surface area is 114 Å². The molecule has 1 aromatic rings. The summed E-state index contributed by atoms with van der Waals surface area (Å²) in [5, 5.41) is 0. The molecule has 2 fully saturated rings. The molecule has 2 atom stereocenters. The van der Waals surface area contributed by atoms with Crippen LogP contribution in [0.4, 0.5) is 5.82 Å². The Kier molecular flexibility index (Phi) is 3.87. The first-order valence-corrected chi connectivity index (χ1v) is 7.19. The van der Waals surface area contributed by atoms with Gasteiger partial charge in [0.25, 0.3) is 0 Å². The molecule has 3 rings (SSSR count). The minimum atomic E-state index is 0.273. The summed E-state index contributed by atoms with van der Waals surface area (Å²) in [5.41, 5.74) is 0. The molecule has 0 amide bonds. The lowest BCUT2D eigenvalue weighted by Crippen LogP contribution is -2.20. The third-order valence-corrected chi connectivity index (χ3v) is 4.36. The van der Waals surface area contributed by atoms with E-state index in [2.05, 4.69) is 16.0 Å². The van der Waals surface area contributed by atoms with Crippen molar-refractivity contribution in [2.45, 2.75) is 25.7 Å². The van der Waals surface area contributed by atoms with Gasteiger partial charge < -0.3 is 14.4 Å². The number of aromatic nitrogens is 1. The molecule has 1 aliphatic heterocycles. The van der Waals surface area contributed by atoms with Gasteiger partial charge in [0, 0.05) is 20.2 Å². The SMILES string of the molecule is COCOc1ccc(N2CC3CCCCC3C2)nc1. The first-order valence-electron chi connectivity index (χ1n) is 7.19. The standard InChI is InChI=1S/C15H22N2O2/c1-18-11-19-14-6-7-15(16-8-14)17-9-12-4-2-3-5-13(12)10-17/h6-8,12-13H,2-5,9-11H2,1H3. The van der Waals surface area contributed by atoms with E-state index in [-0.39, 0.29) is 6.79 Å². The molecule has 0 spiro atoms. The lowest BCUT2D eigenvalue weighted by Gasteiger charge is -2.22. The molecule has 0 aromatic carbocycles. The molecule has 1 aromatic heterocycles. The van der Waals surface area contributed by atoms with Gasteiger partial charge in [0.15, 0.2) is 6.79 Å². The van der Waals surface area contributed by atoms with Gasteiger partial charge in [0.1, 0.15) is 11.6 Å². The summed E-state index contributed by atoms with van der Waals surface area (Å²) in [6.45, 7) is 2.63. The molecule has 1 saturated carbocycles. The molecule has 1 aliphatic carbocycles. The number of fused-ring (bicyclic) bond motifs is 1. The van der Waals surface area contributed by atoms with Crippen molar-refractivity contribution in [1.29, 1.82) is 0 Å². The Morgan fingerprint density at radius 3 is 2.53 bits per heavy atom. The summed E-state index contributed by atoms with van der Waals surface area (Å²) in [7, 11) is 1.62. The Morgan fingerprint density at radius 1 is 1.21 bits per heavy atom. The molecule has 4 heteroatoms. The van der Waals surface area contributed by atoms with Crippen LogP contribution in [0.5, 0.6) is 5.75 Å². The molecule has 0 radical (unpaired) electrons. The van der Waals surface area contributed by atoms with E-state index in [0.717, 1.165) is 23.4 Å². The van der Waals surface area contributed by atoms with E-state index < -0.39 is 0 Å². The zero-order chi connectivity index (χ0) is 13.1. The molecule has 104 valence electrons. The van der Waals surface area contributed by atoms with Crippen LogP contribution in [0.15, 0.2) is 18.3 Å². The summed E-state index contributed by atoms with van der Waals surface area (Å²) in [5.74, 6) is 3.63. The second-order valence-electron chi connectivity index (χ2n) is 5.61. The highest BCUT2D eigenvalue weighted by Gasteiger charge is 2.34. The van der Waals surface area contributed by atoms with Gasteiger partial charge in [0.2, 0.25) is 0 Å². The van der Waals surface area contributed by atoms with Crippen molar-refractivity contribution in [2.75, 3.05) is 31.9 Å². The predicted octanol–water partition coefficient (Wildman–Crippen LogP) is 2.69. The Hall–Kier alpha value is -1.29. The summed E-state index contributed by atoms with van der Waals surface area (Å²) < 4.78 is 10.2. The van der Waals surface area contributed by atoms with E-state index in [1.807, 2.05) is 6.07 Å². The van der Waals surface area contributed by atoms with Crippen molar-refractivity contribution in [1.82, 2.24) is 4.98 Å². The highest BCUT2D eigenvalue weighted by Crippen LogP contribution is 2.37. The Bertz CT molecular complexity index is 393. The number of hydrogen-bond donors (Lipinski definition) is 0. The van der Waals surface area contributed by atoms with Gasteiger partial charge in [-0.3, -0.25) is 0 Å². The molecule has 0 bridgehead atoms. The van der Waals surface area contributed by atoms with Crippen molar-refractivity contribution >= 4 is 5.82 Å². The van der Waals surface area contributed by atoms with Crippen molar-refractivity contribution in [3.05, 3.63) is 18.3 Å². The molecule has 2 unspecified atom stereocenters. The van der Waals surface area contributed by atoms with Gasteiger partial charge in [-0.25, -0.2) is 4.98 Å². The van der Waals surface area contributed by atoms with Gasteiger partial charge in [-0.15, -0.1) is 0 Å². The first kappa shape index (κ1) is 12.7. The van der Waals surface area contributed by atoms with E-state index in [1.165, 1.54) is 38.8 Å². The average Bonchev–Trinajstić information content (AvgIpc) is 2.89. The van der Waals surface area contributed by atoms with Gasteiger partial charge in [0.05, 0.1) is 6.20 Å². The molecule has 2 aliphatic rings. The van der Waals surface area contributed by atoms with Gasteiger partial charge in [-0.1, -0.05) is 12.8 Å². The minimum absolute atomic E-state index is 0.273. The quantitative estimate of drug-likeness (QED) is 0.781. The molecular weight excluding hydrogens is 240 g/mol. The molecule has 0 N–H and O–H groups in total. The number of ether oxygens (including phenoxy) is 2. The van der Waals surface area contributed by atoms with E-state index in [0.29, 0.717) is 0 Å². The van der Waals surface area contributed by atoms with Crippen LogP contribution in [0.25, 0.3) is 0 Å². The smallest absolute Gasteiger partial charge is 0.188 e. The van der Waals surface area contributed by atoms with Crippen LogP contribution in [-0.2, 0) is 4.74 Å². The average molecular weight is 262 g/mol. The molecule has 2 heterocycles. The lowest BCUT2D eigenvalue weighted by atomic mass is 9.82. The highest BCUT2D eigenvalue weighted by atomic mass is 16.7. The number of hydrogen-bond acceptors (Lipinski definition) is 4. The molecule has 1 saturated heterocycles. The lowest BCUT2D eigenvalue weighted by molar-refractivity contribution is 0.0509. The maximum absolute atomic E-state index is 5.36. The van der Waals surface area contributed by atoms with Crippen LogP contribution < -0.4 is 9.64 Å². The van der Waals surface area contributed by atoms with Crippen LogP contribution in [0.2, 0.25) is 0 Å². The fraction of sp³-hybridized carbons (Fsp3) is 0.667. The molecule has 4 nitrogen and oxygen atoms in total. The largest absolute Gasteiger partial charge is 0.466 e. The monoisotopic (exact) mass is 262 g/mol. The van der Waals surface area contributed by atoms with Crippen molar-refractivity contribution in [3.63, 3.8) is 0 Å². The maximum Gasteiger partial charge on any atom is 0.188 e. The number of pyridine rings is 1. The highest BCUT2D eigenvalue weighted by molar-refractivity contribution is 5.42. The Balaban J connectivity index is 1.63. The fourth-order valence-electron chi connectivity index (χ4n) is 3.36. The van der Waals surface area contributed by atoms with E-state index in [9.17, 15) is 0 Å². The van der Waals surface area contributed by atoms with Crippen LogP contribution in [0, 0.1) is 11.8 Å². The number of anilines is 1. The van der Waals surface area contributed by atoms with E-state index in [1.54, 1.807) is 13.3 Å². The predicted molar refractivity (Wildman–Crippen MR) is 74.4 cm³/mol. The number of rotatable bonds is 4. The summed E-state index contributed by atoms with van der Waals surface area (Å²) in [4.78, 5) is 6.95. The summed E-state index contributed by atoms with van der Waals surface area (Å²) in [6, 6.07) is 4.03.